The number of thioether (sulfide) groups is 1. The highest BCUT2D eigenvalue weighted by atomic mass is 32.2. The second-order valence-corrected chi connectivity index (χ2v) is 21.5. The molecule has 0 aliphatic rings. The summed E-state index contributed by atoms with van der Waals surface area (Å²) in [6, 6.07) is 0. The summed E-state index contributed by atoms with van der Waals surface area (Å²) in [6.07, 6.45) is 0.999. The van der Waals surface area contributed by atoms with Gasteiger partial charge in [0.1, 0.15) is 0 Å². The molecule has 0 radical (unpaired) electrons. The molecule has 0 rings (SSSR count). The van der Waals surface area contributed by atoms with Gasteiger partial charge in [-0.25, -0.2) is 0 Å². The van der Waals surface area contributed by atoms with Crippen LogP contribution in [-0.4, -0.2) is 40.7 Å². The molecule has 26 heavy (non-hydrogen) atoms. The standard InChI is InChI=1S/C20H44O3SSi2/c1-13-14-24-17(21)20(8,15-22-25(9,10)18(2,3)4)16-23-26(11,12)19(5,6)7/h13-16H2,1-12H3. The molecule has 0 heterocycles. The fourth-order valence-corrected chi connectivity index (χ4v) is 4.72. The molecule has 0 spiro atoms. The first kappa shape index (κ1) is 26.4. The second-order valence-electron chi connectivity index (χ2n) is 10.8. The van der Waals surface area contributed by atoms with Gasteiger partial charge in [-0.2, -0.15) is 0 Å². The van der Waals surface area contributed by atoms with Gasteiger partial charge in [-0.1, -0.05) is 60.2 Å². The smallest absolute Gasteiger partial charge is 0.199 e. The average molecular weight is 421 g/mol. The Morgan fingerprint density at radius 3 is 1.42 bits per heavy atom. The normalized spacial score (nSPS) is 14.6. The number of hydrogen-bond acceptors (Lipinski definition) is 4. The summed E-state index contributed by atoms with van der Waals surface area (Å²) in [4.78, 5) is 13.0. The number of carbonyl (C=O) groups is 1. The first-order valence-corrected chi connectivity index (χ1v) is 16.6. The van der Waals surface area contributed by atoms with Gasteiger partial charge in [0, 0.05) is 19.0 Å². The van der Waals surface area contributed by atoms with E-state index in [1.165, 1.54) is 11.8 Å². The van der Waals surface area contributed by atoms with Crippen LogP contribution in [0.3, 0.4) is 0 Å². The van der Waals surface area contributed by atoms with Crippen molar-refractivity contribution in [2.24, 2.45) is 5.41 Å². The molecular formula is C20H44O3SSi2. The second kappa shape index (κ2) is 9.25. The Morgan fingerprint density at radius 1 is 0.808 bits per heavy atom. The van der Waals surface area contributed by atoms with Crippen molar-refractivity contribution in [1.82, 2.24) is 0 Å². The van der Waals surface area contributed by atoms with Gasteiger partial charge in [0.2, 0.25) is 0 Å². The van der Waals surface area contributed by atoms with E-state index < -0.39 is 22.0 Å². The monoisotopic (exact) mass is 420 g/mol. The van der Waals surface area contributed by atoms with Crippen molar-refractivity contribution in [2.75, 3.05) is 19.0 Å². The van der Waals surface area contributed by atoms with Gasteiger partial charge in [0.15, 0.2) is 21.8 Å². The zero-order valence-electron chi connectivity index (χ0n) is 19.5. The largest absolute Gasteiger partial charge is 0.416 e. The molecule has 0 aliphatic carbocycles. The van der Waals surface area contributed by atoms with E-state index in [-0.39, 0.29) is 15.2 Å². The van der Waals surface area contributed by atoms with Crippen molar-refractivity contribution in [3.8, 4) is 0 Å². The predicted octanol–water partition coefficient (Wildman–Crippen LogP) is 6.71. The Morgan fingerprint density at radius 2 is 1.15 bits per heavy atom. The maximum atomic E-state index is 13.0. The van der Waals surface area contributed by atoms with Crippen LogP contribution in [0.1, 0.15) is 61.8 Å². The van der Waals surface area contributed by atoms with Crippen LogP contribution in [0.25, 0.3) is 0 Å². The summed E-state index contributed by atoms with van der Waals surface area (Å²) in [7, 11) is -3.82. The number of rotatable bonds is 9. The lowest BCUT2D eigenvalue weighted by molar-refractivity contribution is -0.122. The van der Waals surface area contributed by atoms with E-state index in [0.29, 0.717) is 13.2 Å². The van der Waals surface area contributed by atoms with E-state index in [1.807, 2.05) is 6.92 Å². The molecule has 3 nitrogen and oxygen atoms in total. The van der Waals surface area contributed by atoms with Crippen LogP contribution in [0.15, 0.2) is 0 Å². The van der Waals surface area contributed by atoms with Crippen LogP contribution in [0.4, 0.5) is 0 Å². The van der Waals surface area contributed by atoms with E-state index in [4.69, 9.17) is 8.85 Å². The highest BCUT2D eigenvalue weighted by molar-refractivity contribution is 8.13. The Bertz CT molecular complexity index is 433. The summed E-state index contributed by atoms with van der Waals surface area (Å²) in [5.41, 5.74) is -0.592. The molecule has 0 saturated heterocycles. The minimum Gasteiger partial charge on any atom is -0.416 e. The summed E-state index contributed by atoms with van der Waals surface area (Å²) < 4.78 is 12.9. The van der Waals surface area contributed by atoms with Crippen molar-refractivity contribution in [3.05, 3.63) is 0 Å². The van der Waals surface area contributed by atoms with E-state index >= 15 is 0 Å². The molecule has 0 aromatic carbocycles. The minimum absolute atomic E-state index is 0.133. The SMILES string of the molecule is CCCSC(=O)C(C)(CO[Si](C)(C)C(C)(C)C)CO[Si](C)(C)C(C)(C)C. The van der Waals surface area contributed by atoms with E-state index in [2.05, 4.69) is 74.7 Å². The molecule has 0 fully saturated rings. The number of hydrogen-bond donors (Lipinski definition) is 0. The lowest BCUT2D eigenvalue weighted by Gasteiger charge is -2.42. The van der Waals surface area contributed by atoms with Gasteiger partial charge < -0.3 is 8.85 Å². The quantitative estimate of drug-likeness (QED) is 0.388. The van der Waals surface area contributed by atoms with Crippen molar-refractivity contribution in [2.45, 2.75) is 98.1 Å². The summed E-state index contributed by atoms with van der Waals surface area (Å²) in [6.45, 7) is 27.4. The lowest BCUT2D eigenvalue weighted by atomic mass is 9.95. The van der Waals surface area contributed by atoms with E-state index in [1.54, 1.807) is 0 Å². The van der Waals surface area contributed by atoms with Gasteiger partial charge in [0.05, 0.1) is 5.41 Å². The Labute approximate surface area is 169 Å². The Kier molecular flexibility index (Phi) is 9.38. The average Bonchev–Trinajstić information content (AvgIpc) is 2.46. The molecule has 0 bridgehead atoms. The highest BCUT2D eigenvalue weighted by Gasteiger charge is 2.44. The van der Waals surface area contributed by atoms with Gasteiger partial charge in [0.25, 0.3) is 0 Å². The molecule has 0 atom stereocenters. The van der Waals surface area contributed by atoms with Crippen LogP contribution in [0, 0.1) is 5.41 Å². The first-order valence-electron chi connectivity index (χ1n) is 9.85. The molecule has 0 aromatic heterocycles. The van der Waals surface area contributed by atoms with E-state index in [9.17, 15) is 4.79 Å². The van der Waals surface area contributed by atoms with Crippen LogP contribution >= 0.6 is 11.8 Å². The van der Waals surface area contributed by atoms with Crippen molar-refractivity contribution in [3.63, 3.8) is 0 Å². The molecule has 0 amide bonds. The molecule has 0 unspecified atom stereocenters. The van der Waals surface area contributed by atoms with E-state index in [0.717, 1.165) is 12.2 Å². The zero-order valence-corrected chi connectivity index (χ0v) is 22.3. The number of carbonyl (C=O) groups excluding carboxylic acids is 1. The van der Waals surface area contributed by atoms with Crippen LogP contribution < -0.4 is 0 Å². The molecule has 0 aromatic rings. The summed E-state index contributed by atoms with van der Waals surface area (Å²) >= 11 is 1.43. The Hall–Kier alpha value is 0.374. The molecule has 156 valence electrons. The first-order chi connectivity index (χ1) is 11.4. The fourth-order valence-electron chi connectivity index (χ4n) is 1.64. The summed E-state index contributed by atoms with van der Waals surface area (Å²) in [5, 5.41) is 0.471. The van der Waals surface area contributed by atoms with Crippen LogP contribution in [-0.2, 0) is 13.6 Å². The zero-order chi connectivity index (χ0) is 21.0. The Balaban J connectivity index is 5.35. The topological polar surface area (TPSA) is 35.5 Å². The van der Waals surface area contributed by atoms with Crippen molar-refractivity contribution >= 4 is 33.5 Å². The van der Waals surface area contributed by atoms with Gasteiger partial charge in [-0.15, -0.1) is 0 Å². The van der Waals surface area contributed by atoms with Crippen LogP contribution in [0.5, 0.6) is 0 Å². The third-order valence-electron chi connectivity index (χ3n) is 6.05. The molecule has 0 N–H and O–H groups in total. The fraction of sp³-hybridized carbons (Fsp3) is 0.950. The minimum atomic E-state index is -1.91. The molecule has 0 aliphatic heterocycles. The molecular weight excluding hydrogens is 376 g/mol. The lowest BCUT2D eigenvalue weighted by Crippen LogP contribution is -2.49. The summed E-state index contributed by atoms with van der Waals surface area (Å²) in [5.74, 6) is 0.856. The predicted molar refractivity (Wildman–Crippen MR) is 122 cm³/mol. The van der Waals surface area contributed by atoms with Crippen molar-refractivity contribution in [1.29, 1.82) is 0 Å². The maximum Gasteiger partial charge on any atom is 0.199 e. The van der Waals surface area contributed by atoms with Crippen LogP contribution in [0.2, 0.25) is 36.3 Å². The maximum absolute atomic E-state index is 13.0. The highest BCUT2D eigenvalue weighted by Crippen LogP contribution is 2.40. The third kappa shape index (κ3) is 7.42. The van der Waals surface area contributed by atoms with Crippen molar-refractivity contribution < 1.29 is 13.6 Å². The van der Waals surface area contributed by atoms with Gasteiger partial charge in [-0.3, -0.25) is 4.79 Å². The molecule has 0 saturated carbocycles. The van der Waals surface area contributed by atoms with Gasteiger partial charge >= 0.3 is 0 Å². The molecule has 6 heteroatoms. The van der Waals surface area contributed by atoms with Gasteiger partial charge in [-0.05, 0) is 49.6 Å². The third-order valence-corrected chi connectivity index (χ3v) is 16.4.